The van der Waals surface area contributed by atoms with Gasteiger partial charge >= 0.3 is 0 Å². The molecule has 0 aliphatic heterocycles. The molecule has 1 aliphatic carbocycles. The van der Waals surface area contributed by atoms with E-state index in [4.69, 9.17) is 27.9 Å². The minimum Gasteiger partial charge on any atom is -0.492 e. The fourth-order valence-corrected chi connectivity index (χ4v) is 3.75. The Bertz CT molecular complexity index is 509. The summed E-state index contributed by atoms with van der Waals surface area (Å²) >= 11 is 12.5. The molecule has 1 aromatic carbocycles. The van der Waals surface area contributed by atoms with Gasteiger partial charge in [0, 0.05) is 17.5 Å². The lowest BCUT2D eigenvalue weighted by Gasteiger charge is -2.17. The zero-order chi connectivity index (χ0) is 15.3. The highest BCUT2D eigenvalue weighted by Crippen LogP contribution is 2.72. The Morgan fingerprint density at radius 1 is 1.15 bits per heavy atom. The van der Waals surface area contributed by atoms with Crippen molar-refractivity contribution in [3.63, 3.8) is 0 Å². The van der Waals surface area contributed by atoms with E-state index in [2.05, 4.69) is 27.7 Å². The molecule has 0 saturated heterocycles. The van der Waals surface area contributed by atoms with E-state index in [1.165, 1.54) is 0 Å². The second-order valence-electron chi connectivity index (χ2n) is 6.60. The van der Waals surface area contributed by atoms with Gasteiger partial charge in [0.25, 0.3) is 0 Å². The lowest BCUT2D eigenvalue weighted by Crippen LogP contribution is -2.07. The summed E-state index contributed by atoms with van der Waals surface area (Å²) in [6.45, 7) is 11.1. The SMILES string of the molecule is CCOc1cc(Cl)c(C(O)C2C(C)(C)C2(C)C)cc1Cl. The van der Waals surface area contributed by atoms with E-state index in [0.717, 1.165) is 0 Å². The Morgan fingerprint density at radius 3 is 2.15 bits per heavy atom. The van der Waals surface area contributed by atoms with Crippen LogP contribution in [0.1, 0.15) is 46.3 Å². The molecule has 1 unspecified atom stereocenters. The van der Waals surface area contributed by atoms with Crippen molar-refractivity contribution in [1.82, 2.24) is 0 Å². The summed E-state index contributed by atoms with van der Waals surface area (Å²) in [6.07, 6.45) is -0.610. The van der Waals surface area contributed by atoms with Crippen LogP contribution in [0.4, 0.5) is 0 Å². The van der Waals surface area contributed by atoms with Gasteiger partial charge in [-0.3, -0.25) is 0 Å². The maximum absolute atomic E-state index is 10.7. The topological polar surface area (TPSA) is 29.5 Å². The number of rotatable bonds is 4. The van der Waals surface area contributed by atoms with Crippen molar-refractivity contribution in [2.45, 2.75) is 40.7 Å². The largest absolute Gasteiger partial charge is 0.492 e. The number of aliphatic hydroxyl groups is 1. The third-order valence-corrected chi connectivity index (χ3v) is 5.74. The van der Waals surface area contributed by atoms with E-state index < -0.39 is 6.10 Å². The summed E-state index contributed by atoms with van der Waals surface area (Å²) in [7, 11) is 0. The standard InChI is InChI=1S/C16H22Cl2O2/c1-6-20-12-8-10(17)9(7-11(12)18)13(19)14-15(2,3)16(14,4)5/h7-8,13-14,19H,6H2,1-5H3. The van der Waals surface area contributed by atoms with Crippen LogP contribution in [0, 0.1) is 16.7 Å². The first-order valence-corrected chi connectivity index (χ1v) is 7.70. The van der Waals surface area contributed by atoms with E-state index in [1.807, 2.05) is 6.92 Å². The van der Waals surface area contributed by atoms with Crippen LogP contribution in [-0.2, 0) is 0 Å². The maximum Gasteiger partial charge on any atom is 0.139 e. The predicted octanol–water partition coefficient (Wildman–Crippen LogP) is 5.11. The first-order chi connectivity index (χ1) is 9.14. The fourth-order valence-electron chi connectivity index (χ4n) is 3.25. The lowest BCUT2D eigenvalue weighted by molar-refractivity contribution is 0.131. The normalized spacial score (nSPS) is 21.6. The van der Waals surface area contributed by atoms with Crippen LogP contribution < -0.4 is 4.74 Å². The molecular formula is C16H22Cl2O2. The molecule has 0 bridgehead atoms. The maximum atomic E-state index is 10.7. The molecule has 1 aromatic rings. The Morgan fingerprint density at radius 2 is 1.70 bits per heavy atom. The van der Waals surface area contributed by atoms with Gasteiger partial charge in [-0.25, -0.2) is 0 Å². The Kier molecular flexibility index (Phi) is 4.05. The molecule has 0 spiro atoms. The summed E-state index contributed by atoms with van der Waals surface area (Å²) in [5, 5.41) is 11.7. The molecule has 1 saturated carbocycles. The van der Waals surface area contributed by atoms with Gasteiger partial charge in [0.1, 0.15) is 5.75 Å². The number of benzene rings is 1. The van der Waals surface area contributed by atoms with E-state index in [9.17, 15) is 5.11 Å². The lowest BCUT2D eigenvalue weighted by atomic mass is 9.99. The predicted molar refractivity (Wildman–Crippen MR) is 83.6 cm³/mol. The summed E-state index contributed by atoms with van der Waals surface area (Å²) in [5.74, 6) is 0.728. The van der Waals surface area contributed by atoms with Gasteiger partial charge in [-0.2, -0.15) is 0 Å². The third-order valence-electron chi connectivity index (χ3n) is 5.12. The van der Waals surface area contributed by atoms with Crippen molar-refractivity contribution in [2.24, 2.45) is 16.7 Å². The van der Waals surface area contributed by atoms with Crippen LogP contribution in [0.5, 0.6) is 5.75 Å². The molecule has 1 N–H and O–H groups in total. The molecule has 0 radical (unpaired) electrons. The summed E-state index contributed by atoms with van der Waals surface area (Å²) in [5.41, 5.74) is 0.852. The smallest absolute Gasteiger partial charge is 0.139 e. The Balaban J connectivity index is 2.33. The quantitative estimate of drug-likeness (QED) is 0.836. The van der Waals surface area contributed by atoms with Crippen LogP contribution in [-0.4, -0.2) is 11.7 Å². The Labute approximate surface area is 131 Å². The van der Waals surface area contributed by atoms with E-state index >= 15 is 0 Å². The second kappa shape index (κ2) is 5.08. The second-order valence-corrected chi connectivity index (χ2v) is 7.42. The van der Waals surface area contributed by atoms with Gasteiger partial charge in [0.05, 0.1) is 22.8 Å². The fraction of sp³-hybridized carbons (Fsp3) is 0.625. The molecule has 1 fully saturated rings. The molecule has 0 aromatic heterocycles. The zero-order valence-corrected chi connectivity index (χ0v) is 14.1. The molecular weight excluding hydrogens is 295 g/mol. The van der Waals surface area contributed by atoms with Crippen molar-refractivity contribution in [3.8, 4) is 5.75 Å². The molecule has 2 rings (SSSR count). The molecule has 2 nitrogen and oxygen atoms in total. The van der Waals surface area contributed by atoms with Crippen molar-refractivity contribution in [3.05, 3.63) is 27.7 Å². The van der Waals surface area contributed by atoms with Gasteiger partial charge in [-0.05, 0) is 23.8 Å². The van der Waals surface area contributed by atoms with Gasteiger partial charge in [0.2, 0.25) is 0 Å². The van der Waals surface area contributed by atoms with Gasteiger partial charge in [-0.1, -0.05) is 50.9 Å². The Hall–Kier alpha value is -0.440. The highest BCUT2D eigenvalue weighted by molar-refractivity contribution is 6.34. The minimum absolute atomic E-state index is 0.0841. The van der Waals surface area contributed by atoms with Crippen LogP contribution in [0.3, 0.4) is 0 Å². The molecule has 112 valence electrons. The van der Waals surface area contributed by atoms with Crippen LogP contribution in [0.15, 0.2) is 12.1 Å². The van der Waals surface area contributed by atoms with Gasteiger partial charge < -0.3 is 9.84 Å². The zero-order valence-electron chi connectivity index (χ0n) is 12.6. The molecule has 1 atom stereocenters. The summed E-state index contributed by atoms with van der Waals surface area (Å²) in [4.78, 5) is 0. The first-order valence-electron chi connectivity index (χ1n) is 6.94. The number of hydrogen-bond acceptors (Lipinski definition) is 2. The minimum atomic E-state index is -0.610. The highest BCUT2D eigenvalue weighted by Gasteiger charge is 2.67. The van der Waals surface area contributed by atoms with E-state index in [-0.39, 0.29) is 16.7 Å². The average molecular weight is 317 g/mol. The number of aliphatic hydroxyl groups excluding tert-OH is 1. The monoisotopic (exact) mass is 316 g/mol. The molecule has 20 heavy (non-hydrogen) atoms. The number of halogens is 2. The number of ether oxygens (including phenoxy) is 1. The van der Waals surface area contributed by atoms with Crippen LogP contribution >= 0.6 is 23.2 Å². The average Bonchev–Trinajstić information content (AvgIpc) is 2.73. The highest BCUT2D eigenvalue weighted by atomic mass is 35.5. The van der Waals surface area contributed by atoms with E-state index in [0.29, 0.717) is 28.0 Å². The molecule has 0 heterocycles. The first kappa shape index (κ1) is 15.9. The number of hydrogen-bond donors (Lipinski definition) is 1. The van der Waals surface area contributed by atoms with Crippen molar-refractivity contribution < 1.29 is 9.84 Å². The third kappa shape index (κ3) is 2.32. The van der Waals surface area contributed by atoms with Gasteiger partial charge in [-0.15, -0.1) is 0 Å². The molecule has 4 heteroatoms. The van der Waals surface area contributed by atoms with Crippen LogP contribution in [0.2, 0.25) is 10.0 Å². The van der Waals surface area contributed by atoms with Crippen LogP contribution in [0.25, 0.3) is 0 Å². The van der Waals surface area contributed by atoms with Crippen molar-refractivity contribution >= 4 is 23.2 Å². The summed E-state index contributed by atoms with van der Waals surface area (Å²) < 4.78 is 5.41. The van der Waals surface area contributed by atoms with Gasteiger partial charge in [0.15, 0.2) is 0 Å². The van der Waals surface area contributed by atoms with Crippen molar-refractivity contribution in [1.29, 1.82) is 0 Å². The van der Waals surface area contributed by atoms with Crippen molar-refractivity contribution in [2.75, 3.05) is 6.61 Å². The van der Waals surface area contributed by atoms with E-state index in [1.54, 1.807) is 12.1 Å². The summed E-state index contributed by atoms with van der Waals surface area (Å²) in [6, 6.07) is 3.42. The molecule has 0 amide bonds. The molecule has 1 aliphatic rings.